The number of hydrogen-bond acceptors (Lipinski definition) is 6. The molecule has 0 unspecified atom stereocenters. The summed E-state index contributed by atoms with van der Waals surface area (Å²) in [6.07, 6.45) is 0. The standard InChI is InChI=1S/C6H5ClNO5S/c7-14(11,12)13-6-3-1-5(2-4-6)8(9)10/h1-4,9H/q-1. The topological polar surface area (TPSA) is 89.9 Å². The van der Waals surface area contributed by atoms with E-state index in [9.17, 15) is 13.6 Å². The Hall–Kier alpha value is -1.02. The fourth-order valence-corrected chi connectivity index (χ4v) is 1.30. The molecule has 0 aliphatic heterocycles. The molecule has 0 saturated heterocycles. The van der Waals surface area contributed by atoms with E-state index in [-0.39, 0.29) is 16.7 Å². The summed E-state index contributed by atoms with van der Waals surface area (Å²) in [5, 5.41) is 18.4. The van der Waals surface area contributed by atoms with E-state index < -0.39 is 9.33 Å². The second kappa shape index (κ2) is 4.01. The highest BCUT2D eigenvalue weighted by Gasteiger charge is 2.06. The van der Waals surface area contributed by atoms with Gasteiger partial charge in [0.15, 0.2) is 0 Å². The molecule has 0 aliphatic rings. The summed E-state index contributed by atoms with van der Waals surface area (Å²) >= 11 is 0. The Kier molecular flexibility index (Phi) is 3.17. The summed E-state index contributed by atoms with van der Waals surface area (Å²) in [5.74, 6) is -0.0504. The van der Waals surface area contributed by atoms with E-state index in [1.165, 1.54) is 24.3 Å². The van der Waals surface area contributed by atoms with Gasteiger partial charge in [0.1, 0.15) is 5.75 Å². The molecule has 1 N–H and O–H groups in total. The molecule has 0 aromatic heterocycles. The summed E-state index contributed by atoms with van der Waals surface area (Å²) in [7, 11) is 0.706. The lowest BCUT2D eigenvalue weighted by Gasteiger charge is -2.21. The molecular weight excluding hydrogens is 234 g/mol. The molecule has 14 heavy (non-hydrogen) atoms. The Morgan fingerprint density at radius 1 is 1.36 bits per heavy atom. The third-order valence-electron chi connectivity index (χ3n) is 1.25. The van der Waals surface area contributed by atoms with Crippen molar-refractivity contribution in [2.75, 3.05) is 5.23 Å². The molecule has 1 aromatic carbocycles. The van der Waals surface area contributed by atoms with Crippen molar-refractivity contribution < 1.29 is 17.8 Å². The third kappa shape index (κ3) is 3.38. The first-order chi connectivity index (χ1) is 6.38. The Morgan fingerprint density at radius 3 is 2.21 bits per heavy atom. The average Bonchev–Trinajstić information content (AvgIpc) is 2.02. The van der Waals surface area contributed by atoms with Gasteiger partial charge in [-0.2, -0.15) is 8.42 Å². The Labute approximate surface area is 84.4 Å². The van der Waals surface area contributed by atoms with Gasteiger partial charge >= 0.3 is 9.33 Å². The number of benzene rings is 1. The van der Waals surface area contributed by atoms with Crippen LogP contribution in [0.25, 0.3) is 0 Å². The van der Waals surface area contributed by atoms with Gasteiger partial charge in [-0.05, 0) is 24.3 Å². The van der Waals surface area contributed by atoms with Crippen LogP contribution in [0.3, 0.4) is 0 Å². The molecule has 0 atom stereocenters. The van der Waals surface area contributed by atoms with Crippen molar-refractivity contribution in [3.63, 3.8) is 0 Å². The van der Waals surface area contributed by atoms with Crippen molar-refractivity contribution in [2.24, 2.45) is 0 Å². The minimum Gasteiger partial charge on any atom is -0.733 e. The lowest BCUT2D eigenvalue weighted by molar-refractivity contribution is 0.296. The van der Waals surface area contributed by atoms with Gasteiger partial charge in [0, 0.05) is 0 Å². The molecule has 0 saturated carbocycles. The van der Waals surface area contributed by atoms with Gasteiger partial charge < -0.3 is 14.6 Å². The molecule has 0 aliphatic carbocycles. The minimum atomic E-state index is -4.09. The largest absolute Gasteiger partial charge is 0.733 e. The van der Waals surface area contributed by atoms with Crippen LogP contribution in [0.2, 0.25) is 0 Å². The van der Waals surface area contributed by atoms with Crippen LogP contribution in [0, 0.1) is 5.21 Å². The van der Waals surface area contributed by atoms with Crippen molar-refractivity contribution in [1.29, 1.82) is 0 Å². The Balaban J connectivity index is 2.84. The van der Waals surface area contributed by atoms with Gasteiger partial charge in [-0.15, -0.1) is 0 Å². The van der Waals surface area contributed by atoms with E-state index in [1.807, 2.05) is 0 Å². The van der Waals surface area contributed by atoms with E-state index in [0.717, 1.165) is 0 Å². The van der Waals surface area contributed by atoms with Crippen LogP contribution in [0.1, 0.15) is 0 Å². The van der Waals surface area contributed by atoms with E-state index in [0.29, 0.717) is 0 Å². The maximum absolute atomic E-state index is 10.4. The number of rotatable bonds is 3. The fourth-order valence-electron chi connectivity index (χ4n) is 0.744. The summed E-state index contributed by atoms with van der Waals surface area (Å²) in [4.78, 5) is 0. The van der Waals surface area contributed by atoms with Crippen molar-refractivity contribution in [2.45, 2.75) is 0 Å². The summed E-state index contributed by atoms with van der Waals surface area (Å²) in [6, 6.07) is 4.70. The van der Waals surface area contributed by atoms with Crippen molar-refractivity contribution >= 4 is 25.7 Å². The second-order valence-corrected chi connectivity index (χ2v) is 4.33. The van der Waals surface area contributed by atoms with E-state index in [4.69, 9.17) is 15.9 Å². The molecule has 8 heteroatoms. The fraction of sp³-hybridized carbons (Fsp3) is 0. The molecule has 0 radical (unpaired) electrons. The van der Waals surface area contributed by atoms with Crippen LogP contribution >= 0.6 is 10.7 Å². The molecular formula is C6H5ClNO5S-. The normalized spacial score (nSPS) is 11.1. The van der Waals surface area contributed by atoms with Crippen molar-refractivity contribution in [1.82, 2.24) is 0 Å². The number of hydrogen-bond donors (Lipinski definition) is 1. The van der Waals surface area contributed by atoms with Gasteiger partial charge in [-0.25, -0.2) is 0 Å². The molecule has 0 amide bonds. The summed E-state index contributed by atoms with van der Waals surface area (Å²) < 4.78 is 25.2. The van der Waals surface area contributed by atoms with E-state index in [1.54, 1.807) is 0 Å². The summed E-state index contributed by atoms with van der Waals surface area (Å²) in [6.45, 7) is 0. The number of anilines is 1. The first-order valence-electron chi connectivity index (χ1n) is 3.29. The molecule has 0 spiro atoms. The zero-order valence-corrected chi connectivity index (χ0v) is 8.20. The van der Waals surface area contributed by atoms with Crippen molar-refractivity contribution in [3.8, 4) is 5.75 Å². The smallest absolute Gasteiger partial charge is 0.401 e. The molecule has 0 heterocycles. The van der Waals surface area contributed by atoms with Crippen molar-refractivity contribution in [3.05, 3.63) is 29.5 Å². The van der Waals surface area contributed by atoms with Gasteiger partial charge in [-0.3, -0.25) is 5.21 Å². The molecule has 0 bridgehead atoms. The van der Waals surface area contributed by atoms with Crippen LogP contribution in [0.15, 0.2) is 24.3 Å². The van der Waals surface area contributed by atoms with Gasteiger partial charge in [-0.1, -0.05) is 0 Å². The lowest BCUT2D eigenvalue weighted by Crippen LogP contribution is -2.06. The quantitative estimate of drug-likeness (QED) is 0.629. The minimum absolute atomic E-state index is 0.0504. The monoisotopic (exact) mass is 238 g/mol. The zero-order valence-electron chi connectivity index (χ0n) is 6.62. The van der Waals surface area contributed by atoms with Gasteiger partial charge in [0.05, 0.1) is 16.4 Å². The van der Waals surface area contributed by atoms with Crippen LogP contribution in [-0.2, 0) is 9.33 Å². The zero-order chi connectivity index (χ0) is 10.8. The highest BCUT2D eigenvalue weighted by molar-refractivity contribution is 8.10. The molecule has 1 aromatic rings. The predicted octanol–water partition coefficient (Wildman–Crippen LogP) is 1.24. The Bertz CT molecular complexity index is 401. The average molecular weight is 239 g/mol. The van der Waals surface area contributed by atoms with E-state index in [2.05, 4.69) is 4.18 Å². The van der Waals surface area contributed by atoms with Gasteiger partial charge in [0.2, 0.25) is 0 Å². The predicted molar refractivity (Wildman–Crippen MR) is 49.5 cm³/mol. The Morgan fingerprint density at radius 2 is 1.86 bits per heavy atom. The molecule has 0 fully saturated rings. The lowest BCUT2D eigenvalue weighted by atomic mass is 10.3. The SMILES string of the molecule is O=S(=O)(Cl)Oc1ccc(N([O-])O)cc1. The molecule has 78 valence electrons. The molecule has 6 nitrogen and oxygen atoms in total. The number of halogens is 1. The maximum Gasteiger partial charge on any atom is 0.401 e. The van der Waals surface area contributed by atoms with Crippen LogP contribution in [-0.4, -0.2) is 13.6 Å². The first-order valence-corrected chi connectivity index (χ1v) is 5.52. The third-order valence-corrected chi connectivity index (χ3v) is 1.83. The summed E-state index contributed by atoms with van der Waals surface area (Å²) in [5.41, 5.74) is -0.0516. The van der Waals surface area contributed by atoms with E-state index >= 15 is 0 Å². The van der Waals surface area contributed by atoms with Gasteiger partial charge in [0.25, 0.3) is 0 Å². The van der Waals surface area contributed by atoms with Crippen LogP contribution < -0.4 is 9.41 Å². The highest BCUT2D eigenvalue weighted by atomic mass is 35.7. The van der Waals surface area contributed by atoms with Crippen LogP contribution in [0.4, 0.5) is 5.69 Å². The number of nitrogens with zero attached hydrogens (tertiary/aromatic N) is 1. The second-order valence-electron chi connectivity index (χ2n) is 2.24. The maximum atomic E-state index is 10.4. The first kappa shape index (κ1) is 11.1. The highest BCUT2D eigenvalue weighted by Crippen LogP contribution is 2.19. The van der Waals surface area contributed by atoms with Crippen LogP contribution in [0.5, 0.6) is 5.75 Å². The molecule has 1 rings (SSSR count).